The molecule has 0 atom stereocenters. The van der Waals surface area contributed by atoms with Crippen molar-refractivity contribution in [2.45, 2.75) is 40.3 Å². The summed E-state index contributed by atoms with van der Waals surface area (Å²) >= 11 is 0. The molecular formula is C27H29N3O3. The second-order valence-corrected chi connectivity index (χ2v) is 8.55. The molecule has 0 saturated carbocycles. The topological polar surface area (TPSA) is 72.5 Å². The minimum absolute atomic E-state index is 0.0319. The van der Waals surface area contributed by atoms with Gasteiger partial charge >= 0.3 is 6.09 Å². The Labute approximate surface area is 193 Å². The van der Waals surface area contributed by atoms with Gasteiger partial charge in [-0.05, 0) is 68.7 Å². The number of aromatic nitrogens is 1. The van der Waals surface area contributed by atoms with Gasteiger partial charge in [-0.1, -0.05) is 24.3 Å². The van der Waals surface area contributed by atoms with Crippen molar-refractivity contribution >= 4 is 39.3 Å². The maximum Gasteiger partial charge on any atom is 0.407 e. The molecule has 0 bridgehead atoms. The van der Waals surface area contributed by atoms with Crippen molar-refractivity contribution in [1.82, 2.24) is 10.3 Å². The number of amides is 1. The molecule has 0 unspecified atom stereocenters. The van der Waals surface area contributed by atoms with Gasteiger partial charge in [-0.25, -0.2) is 9.78 Å². The summed E-state index contributed by atoms with van der Waals surface area (Å²) in [6.45, 7) is 8.08. The number of aryl methyl sites for hydroxylation is 2. The number of methoxy groups -OCH3 is 1. The van der Waals surface area contributed by atoms with E-state index in [4.69, 9.17) is 14.5 Å². The Hall–Kier alpha value is -3.80. The first-order chi connectivity index (χ1) is 15.8. The van der Waals surface area contributed by atoms with Gasteiger partial charge in [0, 0.05) is 28.6 Å². The number of rotatable bonds is 6. The first-order valence-corrected chi connectivity index (χ1v) is 11.0. The van der Waals surface area contributed by atoms with Crippen molar-refractivity contribution in [1.29, 1.82) is 0 Å². The van der Waals surface area contributed by atoms with Crippen LogP contribution in [0.25, 0.3) is 21.8 Å². The molecule has 6 nitrogen and oxygen atoms in total. The molecule has 6 heteroatoms. The van der Waals surface area contributed by atoms with E-state index in [-0.39, 0.29) is 12.6 Å². The molecule has 3 aromatic carbocycles. The molecule has 33 heavy (non-hydrogen) atoms. The highest BCUT2D eigenvalue weighted by Crippen LogP contribution is 2.36. The normalized spacial score (nSPS) is 11.1. The summed E-state index contributed by atoms with van der Waals surface area (Å²) in [7, 11) is 1.67. The number of hydrogen-bond acceptors (Lipinski definition) is 5. The average molecular weight is 444 g/mol. The van der Waals surface area contributed by atoms with Crippen LogP contribution >= 0.6 is 0 Å². The number of benzene rings is 3. The number of hydrogen-bond donors (Lipinski definition) is 2. The van der Waals surface area contributed by atoms with Gasteiger partial charge in [-0.3, -0.25) is 0 Å². The molecule has 1 amide bonds. The molecule has 0 aliphatic heterocycles. The van der Waals surface area contributed by atoms with Gasteiger partial charge in [-0.15, -0.1) is 0 Å². The largest absolute Gasteiger partial charge is 0.496 e. The van der Waals surface area contributed by atoms with Crippen molar-refractivity contribution < 1.29 is 14.3 Å². The van der Waals surface area contributed by atoms with Crippen molar-refractivity contribution in [2.75, 3.05) is 12.4 Å². The van der Waals surface area contributed by atoms with Crippen molar-refractivity contribution in [2.24, 2.45) is 0 Å². The minimum atomic E-state index is -0.422. The Morgan fingerprint density at radius 2 is 1.79 bits per heavy atom. The predicted molar refractivity (Wildman–Crippen MR) is 133 cm³/mol. The Balaban J connectivity index is 1.73. The third-order valence-electron chi connectivity index (χ3n) is 5.42. The second-order valence-electron chi connectivity index (χ2n) is 8.55. The lowest BCUT2D eigenvalue weighted by Crippen LogP contribution is -2.30. The number of nitrogens with zero attached hydrogens (tertiary/aromatic N) is 1. The summed E-state index contributed by atoms with van der Waals surface area (Å²) in [4.78, 5) is 16.7. The molecule has 0 aliphatic rings. The first-order valence-electron chi connectivity index (χ1n) is 11.0. The zero-order chi connectivity index (χ0) is 23.5. The van der Waals surface area contributed by atoms with Gasteiger partial charge in [0.2, 0.25) is 0 Å². The number of carbonyl (C=O) groups excluding carboxylic acids is 1. The van der Waals surface area contributed by atoms with E-state index in [1.165, 1.54) is 0 Å². The van der Waals surface area contributed by atoms with Crippen LogP contribution in [-0.4, -0.2) is 24.2 Å². The van der Waals surface area contributed by atoms with Crippen LogP contribution in [0.15, 0.2) is 54.6 Å². The molecule has 4 aromatic rings. The van der Waals surface area contributed by atoms with E-state index in [1.54, 1.807) is 7.11 Å². The molecular weight excluding hydrogens is 414 g/mol. The van der Waals surface area contributed by atoms with Gasteiger partial charge in [0.25, 0.3) is 0 Å². The summed E-state index contributed by atoms with van der Waals surface area (Å²) < 4.78 is 10.9. The summed E-state index contributed by atoms with van der Waals surface area (Å²) in [5.74, 6) is 0.812. The van der Waals surface area contributed by atoms with E-state index < -0.39 is 6.09 Å². The smallest absolute Gasteiger partial charge is 0.407 e. The van der Waals surface area contributed by atoms with Crippen LogP contribution in [0.5, 0.6) is 5.75 Å². The highest BCUT2D eigenvalue weighted by molar-refractivity contribution is 6.09. The third kappa shape index (κ3) is 5.00. The Kier molecular flexibility index (Phi) is 6.36. The van der Waals surface area contributed by atoms with Gasteiger partial charge < -0.3 is 20.1 Å². The van der Waals surface area contributed by atoms with Crippen LogP contribution in [0.4, 0.5) is 16.2 Å². The fraction of sp³-hybridized carbons (Fsp3) is 0.259. The van der Waals surface area contributed by atoms with Crippen LogP contribution in [0, 0.1) is 13.8 Å². The highest BCUT2D eigenvalue weighted by Gasteiger charge is 2.13. The van der Waals surface area contributed by atoms with Crippen molar-refractivity contribution in [3.05, 3.63) is 71.3 Å². The van der Waals surface area contributed by atoms with Crippen molar-refractivity contribution in [3.63, 3.8) is 0 Å². The second kappa shape index (κ2) is 9.36. The van der Waals surface area contributed by atoms with Gasteiger partial charge in [0.05, 0.1) is 23.8 Å². The lowest BCUT2D eigenvalue weighted by atomic mass is 10.0. The molecule has 0 fully saturated rings. The van der Waals surface area contributed by atoms with Crippen LogP contribution in [0.2, 0.25) is 0 Å². The number of ether oxygens (including phenoxy) is 2. The third-order valence-corrected chi connectivity index (χ3v) is 5.42. The number of pyridine rings is 1. The fourth-order valence-corrected chi connectivity index (χ4v) is 3.85. The lowest BCUT2D eigenvalue weighted by molar-refractivity contribution is 0.137. The van der Waals surface area contributed by atoms with Crippen LogP contribution in [0.3, 0.4) is 0 Å². The lowest BCUT2D eigenvalue weighted by Gasteiger charge is -2.16. The molecule has 0 aliphatic carbocycles. The van der Waals surface area contributed by atoms with Crippen LogP contribution < -0.4 is 15.4 Å². The fourth-order valence-electron chi connectivity index (χ4n) is 3.85. The summed E-state index contributed by atoms with van der Waals surface area (Å²) in [6, 6.07) is 18.3. The molecule has 0 spiro atoms. The number of nitrogens with one attached hydrogen (secondary N) is 2. The molecule has 0 saturated heterocycles. The Bertz CT molecular complexity index is 1330. The van der Waals surface area contributed by atoms with Gasteiger partial charge in [0.1, 0.15) is 12.4 Å². The number of anilines is 2. The zero-order valence-electron chi connectivity index (χ0n) is 19.7. The number of fused-ring (bicyclic) bond motifs is 2. The standard InChI is InChI=1S/C27H29N3O3/c1-16(2)28-27(31)33-15-19-7-6-8-20(13-19)29-26-21-10-9-17(3)11-23(21)30-24-14-25(32-5)18(4)12-22(24)26/h6-14,16H,15H2,1-5H3,(H,28,31)(H,29,30). The summed E-state index contributed by atoms with van der Waals surface area (Å²) in [5.41, 5.74) is 6.76. The van der Waals surface area contributed by atoms with E-state index in [1.807, 2.05) is 51.1 Å². The monoisotopic (exact) mass is 443 g/mol. The highest BCUT2D eigenvalue weighted by atomic mass is 16.5. The predicted octanol–water partition coefficient (Wildman–Crippen LogP) is 6.39. The van der Waals surface area contributed by atoms with E-state index >= 15 is 0 Å². The molecule has 2 N–H and O–H groups in total. The first kappa shape index (κ1) is 22.4. The van der Waals surface area contributed by atoms with Crippen molar-refractivity contribution in [3.8, 4) is 5.75 Å². The van der Waals surface area contributed by atoms with Gasteiger partial charge in [-0.2, -0.15) is 0 Å². The van der Waals surface area contributed by atoms with Crippen LogP contribution in [0.1, 0.15) is 30.5 Å². The number of carbonyl (C=O) groups is 1. The molecule has 170 valence electrons. The quantitative estimate of drug-likeness (QED) is 0.338. The van der Waals surface area contributed by atoms with E-state index in [2.05, 4.69) is 41.8 Å². The molecule has 4 rings (SSSR count). The summed E-state index contributed by atoms with van der Waals surface area (Å²) in [5, 5.41) is 8.38. The molecule has 1 aromatic heterocycles. The molecule has 1 heterocycles. The minimum Gasteiger partial charge on any atom is -0.496 e. The maximum atomic E-state index is 11.8. The van der Waals surface area contributed by atoms with E-state index in [9.17, 15) is 4.79 Å². The molecule has 0 radical (unpaired) electrons. The summed E-state index contributed by atoms with van der Waals surface area (Å²) in [6.07, 6.45) is -0.422. The maximum absolute atomic E-state index is 11.8. The number of alkyl carbamates (subject to hydrolysis) is 1. The Morgan fingerprint density at radius 3 is 2.55 bits per heavy atom. The Morgan fingerprint density at radius 1 is 1.00 bits per heavy atom. The average Bonchev–Trinajstić information content (AvgIpc) is 2.77. The van der Waals surface area contributed by atoms with Crippen LogP contribution in [-0.2, 0) is 11.3 Å². The van der Waals surface area contributed by atoms with Gasteiger partial charge in [0.15, 0.2) is 0 Å². The van der Waals surface area contributed by atoms with E-state index in [0.29, 0.717) is 0 Å². The zero-order valence-corrected chi connectivity index (χ0v) is 19.7. The SMILES string of the molecule is COc1cc2nc3cc(C)ccc3c(Nc3cccc(COC(=O)NC(C)C)c3)c2cc1C. The van der Waals surface area contributed by atoms with E-state index in [0.717, 1.165) is 55.6 Å².